The Balaban J connectivity index is 0.00000200. The number of hydrogen-bond donors (Lipinski definition) is 1. The first-order valence-corrected chi connectivity index (χ1v) is 6.03. The number of nitrogens with one attached hydrogen (secondary N) is 1. The van der Waals surface area contributed by atoms with E-state index in [1.807, 2.05) is 0 Å². The predicted octanol–water partition coefficient (Wildman–Crippen LogP) is 1.59. The Kier molecular flexibility index (Phi) is 5.84. The maximum absolute atomic E-state index is 13.3. The molecule has 0 spiro atoms. The number of carbonyl (C=O) groups excluding carboxylic acids is 1. The average molecular weight is 304 g/mol. The molecule has 20 heavy (non-hydrogen) atoms. The maximum Gasteiger partial charge on any atom is 0.273 e. The van der Waals surface area contributed by atoms with E-state index in [0.717, 1.165) is 31.2 Å². The lowest BCUT2D eigenvalue weighted by atomic mass is 10.1. The van der Waals surface area contributed by atoms with E-state index in [1.54, 1.807) is 4.90 Å². The minimum absolute atomic E-state index is 0. The highest BCUT2D eigenvalue weighted by atomic mass is 35.5. The molecule has 110 valence electrons. The van der Waals surface area contributed by atoms with Crippen molar-refractivity contribution in [3.63, 3.8) is 0 Å². The fourth-order valence-corrected chi connectivity index (χ4v) is 2.03. The van der Waals surface area contributed by atoms with Gasteiger partial charge in [-0.3, -0.25) is 14.9 Å². The second-order valence-corrected chi connectivity index (χ2v) is 4.35. The summed E-state index contributed by atoms with van der Waals surface area (Å²) in [6.45, 7) is 2.58. The molecular formula is C12H15ClFN3O3. The van der Waals surface area contributed by atoms with Gasteiger partial charge in [-0.15, -0.1) is 12.4 Å². The van der Waals surface area contributed by atoms with E-state index in [0.29, 0.717) is 19.6 Å². The Bertz CT molecular complexity index is 505. The van der Waals surface area contributed by atoms with Crippen LogP contribution in [-0.4, -0.2) is 41.9 Å². The Hall–Kier alpha value is -1.73. The van der Waals surface area contributed by atoms with Crippen molar-refractivity contribution >= 4 is 24.0 Å². The summed E-state index contributed by atoms with van der Waals surface area (Å²) < 4.78 is 13.3. The summed E-state index contributed by atoms with van der Waals surface area (Å²) in [4.78, 5) is 23.7. The molecule has 1 amide bonds. The minimum atomic E-state index is -0.773. The quantitative estimate of drug-likeness (QED) is 0.665. The highest BCUT2D eigenvalue weighted by Gasteiger charge is 2.20. The van der Waals surface area contributed by atoms with Crippen molar-refractivity contribution in [2.45, 2.75) is 6.42 Å². The second kappa shape index (κ2) is 7.16. The van der Waals surface area contributed by atoms with Gasteiger partial charge in [-0.2, -0.15) is 0 Å². The van der Waals surface area contributed by atoms with Crippen LogP contribution in [0.15, 0.2) is 18.2 Å². The first kappa shape index (κ1) is 16.3. The molecule has 1 aromatic rings. The second-order valence-electron chi connectivity index (χ2n) is 4.35. The molecule has 0 aliphatic carbocycles. The Morgan fingerprint density at radius 3 is 2.75 bits per heavy atom. The van der Waals surface area contributed by atoms with Crippen LogP contribution in [0.2, 0.25) is 0 Å². The molecule has 0 radical (unpaired) electrons. The van der Waals surface area contributed by atoms with Gasteiger partial charge in [-0.1, -0.05) is 0 Å². The molecule has 1 aliphatic rings. The molecule has 1 heterocycles. The van der Waals surface area contributed by atoms with Gasteiger partial charge in [0.2, 0.25) is 0 Å². The van der Waals surface area contributed by atoms with Gasteiger partial charge in [-0.25, -0.2) is 4.39 Å². The molecule has 1 aliphatic heterocycles. The molecule has 2 rings (SSSR count). The third-order valence-corrected chi connectivity index (χ3v) is 2.97. The lowest BCUT2D eigenvalue weighted by molar-refractivity contribution is -0.385. The summed E-state index contributed by atoms with van der Waals surface area (Å²) in [5.41, 5.74) is -0.384. The Morgan fingerprint density at radius 2 is 2.05 bits per heavy atom. The van der Waals surface area contributed by atoms with Gasteiger partial charge < -0.3 is 10.2 Å². The molecule has 8 heteroatoms. The number of halogens is 2. The van der Waals surface area contributed by atoms with E-state index in [-0.39, 0.29) is 23.9 Å². The van der Waals surface area contributed by atoms with Gasteiger partial charge in [0.15, 0.2) is 0 Å². The average Bonchev–Trinajstić information content (AvgIpc) is 2.65. The first-order valence-electron chi connectivity index (χ1n) is 6.03. The van der Waals surface area contributed by atoms with Gasteiger partial charge in [0.05, 0.1) is 11.0 Å². The van der Waals surface area contributed by atoms with Crippen molar-refractivity contribution in [2.75, 3.05) is 26.2 Å². The summed E-state index contributed by atoms with van der Waals surface area (Å²) in [6, 6.07) is 2.96. The molecule has 1 saturated heterocycles. The van der Waals surface area contributed by atoms with Crippen molar-refractivity contribution in [2.24, 2.45) is 0 Å². The molecule has 0 bridgehead atoms. The van der Waals surface area contributed by atoms with Crippen LogP contribution in [0.1, 0.15) is 16.8 Å². The van der Waals surface area contributed by atoms with Crippen LogP contribution in [0, 0.1) is 15.9 Å². The predicted molar refractivity (Wildman–Crippen MR) is 73.7 cm³/mol. The SMILES string of the molecule is Cl.O=C(c1cc(F)cc([N+](=O)[O-])c1)N1CCCNCC1. The number of rotatable bonds is 2. The zero-order valence-electron chi connectivity index (χ0n) is 10.7. The van der Waals surface area contributed by atoms with E-state index < -0.39 is 16.4 Å². The van der Waals surface area contributed by atoms with Crippen molar-refractivity contribution in [1.82, 2.24) is 10.2 Å². The molecule has 6 nitrogen and oxygen atoms in total. The molecule has 0 saturated carbocycles. The van der Waals surface area contributed by atoms with Crippen LogP contribution < -0.4 is 5.32 Å². The van der Waals surface area contributed by atoms with Gasteiger partial charge in [0.1, 0.15) is 5.82 Å². The van der Waals surface area contributed by atoms with E-state index in [4.69, 9.17) is 0 Å². The normalized spacial score (nSPS) is 15.2. The minimum Gasteiger partial charge on any atom is -0.337 e. The first-order chi connectivity index (χ1) is 9.08. The number of nitro benzene ring substituents is 1. The summed E-state index contributed by atoms with van der Waals surface area (Å²) in [5, 5.41) is 13.8. The summed E-state index contributed by atoms with van der Waals surface area (Å²) in [6.07, 6.45) is 0.809. The highest BCUT2D eigenvalue weighted by Crippen LogP contribution is 2.18. The van der Waals surface area contributed by atoms with Gasteiger partial charge in [-0.05, 0) is 19.0 Å². The summed E-state index contributed by atoms with van der Waals surface area (Å²) in [5.74, 6) is -1.14. The lowest BCUT2D eigenvalue weighted by Crippen LogP contribution is -2.34. The number of carbonyl (C=O) groups is 1. The summed E-state index contributed by atoms with van der Waals surface area (Å²) >= 11 is 0. The molecule has 1 N–H and O–H groups in total. The van der Waals surface area contributed by atoms with Gasteiger partial charge in [0.25, 0.3) is 11.6 Å². The zero-order valence-corrected chi connectivity index (χ0v) is 11.5. The van der Waals surface area contributed by atoms with Crippen molar-refractivity contribution in [3.8, 4) is 0 Å². The van der Waals surface area contributed by atoms with Gasteiger partial charge in [0, 0.05) is 31.3 Å². The van der Waals surface area contributed by atoms with E-state index >= 15 is 0 Å². The van der Waals surface area contributed by atoms with Crippen LogP contribution in [0.25, 0.3) is 0 Å². The number of benzene rings is 1. The lowest BCUT2D eigenvalue weighted by Gasteiger charge is -2.19. The third-order valence-electron chi connectivity index (χ3n) is 2.97. The third kappa shape index (κ3) is 3.88. The smallest absolute Gasteiger partial charge is 0.273 e. The zero-order chi connectivity index (χ0) is 13.8. The topological polar surface area (TPSA) is 75.5 Å². The molecular weight excluding hydrogens is 289 g/mol. The van der Waals surface area contributed by atoms with Crippen LogP contribution in [0.4, 0.5) is 10.1 Å². The largest absolute Gasteiger partial charge is 0.337 e. The van der Waals surface area contributed by atoms with Crippen LogP contribution in [0.3, 0.4) is 0 Å². The fourth-order valence-electron chi connectivity index (χ4n) is 2.03. The van der Waals surface area contributed by atoms with Crippen LogP contribution in [-0.2, 0) is 0 Å². The van der Waals surface area contributed by atoms with E-state index in [2.05, 4.69) is 5.32 Å². The highest BCUT2D eigenvalue weighted by molar-refractivity contribution is 5.94. The molecule has 1 aromatic carbocycles. The molecule has 0 unspecified atom stereocenters. The molecule has 0 atom stereocenters. The number of nitrogens with zero attached hydrogens (tertiary/aromatic N) is 2. The van der Waals surface area contributed by atoms with Crippen LogP contribution in [0.5, 0.6) is 0 Å². The number of amides is 1. The number of nitro groups is 1. The van der Waals surface area contributed by atoms with Crippen molar-refractivity contribution in [3.05, 3.63) is 39.7 Å². The Labute approximate surface area is 121 Å². The monoisotopic (exact) mass is 303 g/mol. The van der Waals surface area contributed by atoms with Crippen molar-refractivity contribution < 1.29 is 14.1 Å². The number of hydrogen-bond acceptors (Lipinski definition) is 4. The maximum atomic E-state index is 13.3. The number of non-ortho nitro benzene ring substituents is 1. The van der Waals surface area contributed by atoms with Crippen molar-refractivity contribution in [1.29, 1.82) is 0 Å². The fraction of sp³-hybridized carbons (Fsp3) is 0.417. The Morgan fingerprint density at radius 1 is 1.30 bits per heavy atom. The standard InChI is InChI=1S/C12H14FN3O3.ClH/c13-10-6-9(7-11(8-10)16(18)19)12(17)15-4-1-2-14-3-5-15;/h6-8,14H,1-5H2;1H. The van der Waals surface area contributed by atoms with E-state index in [9.17, 15) is 19.3 Å². The van der Waals surface area contributed by atoms with Crippen LogP contribution >= 0.6 is 12.4 Å². The molecule has 0 aromatic heterocycles. The van der Waals surface area contributed by atoms with Gasteiger partial charge >= 0.3 is 0 Å². The van der Waals surface area contributed by atoms with E-state index in [1.165, 1.54) is 0 Å². The summed E-state index contributed by atoms with van der Waals surface area (Å²) in [7, 11) is 0. The molecule has 1 fully saturated rings.